The van der Waals surface area contributed by atoms with Crippen LogP contribution in [0.5, 0.6) is 11.5 Å². The maximum absolute atomic E-state index is 6.21. The zero-order valence-corrected chi connectivity index (χ0v) is 14.3. The van der Waals surface area contributed by atoms with E-state index in [1.54, 1.807) is 0 Å². The van der Waals surface area contributed by atoms with Gasteiger partial charge in [-0.25, -0.2) is 0 Å². The van der Waals surface area contributed by atoms with Gasteiger partial charge in [0.2, 0.25) is 0 Å². The van der Waals surface area contributed by atoms with Crippen molar-refractivity contribution in [3.05, 3.63) is 71.6 Å². The Kier molecular flexibility index (Phi) is 4.89. The lowest BCUT2D eigenvalue weighted by Gasteiger charge is -2.32. The van der Waals surface area contributed by atoms with E-state index in [4.69, 9.17) is 14.2 Å². The predicted octanol–water partition coefficient (Wildman–Crippen LogP) is 3.42. The molecule has 0 atom stereocenters. The number of para-hydroxylation sites is 1. The number of rotatable bonds is 5. The second-order valence-electron chi connectivity index (χ2n) is 6.28. The van der Waals surface area contributed by atoms with Crippen LogP contribution in [-0.4, -0.2) is 37.8 Å². The molecule has 4 nitrogen and oxygen atoms in total. The lowest BCUT2D eigenvalue weighted by Crippen LogP contribution is -2.38. The van der Waals surface area contributed by atoms with Crippen LogP contribution in [0.15, 0.2) is 60.5 Å². The molecule has 0 unspecified atom stereocenters. The SMILES string of the molecule is C1=C(N2CCOCC2)Oc2c(cccc2OCCc2ccccc2)C1. The summed E-state index contributed by atoms with van der Waals surface area (Å²) in [6.45, 7) is 3.89. The smallest absolute Gasteiger partial charge is 0.192 e. The minimum Gasteiger partial charge on any atom is -0.489 e. The Morgan fingerprint density at radius 2 is 1.80 bits per heavy atom. The van der Waals surface area contributed by atoms with Crippen molar-refractivity contribution in [3.63, 3.8) is 0 Å². The van der Waals surface area contributed by atoms with E-state index in [0.29, 0.717) is 6.61 Å². The van der Waals surface area contributed by atoms with Crippen LogP contribution in [-0.2, 0) is 17.6 Å². The van der Waals surface area contributed by atoms with Gasteiger partial charge in [0.25, 0.3) is 0 Å². The number of hydrogen-bond acceptors (Lipinski definition) is 4. The summed E-state index contributed by atoms with van der Waals surface area (Å²) >= 11 is 0. The number of ether oxygens (including phenoxy) is 3. The van der Waals surface area contributed by atoms with Gasteiger partial charge in [-0.1, -0.05) is 42.5 Å². The van der Waals surface area contributed by atoms with Crippen molar-refractivity contribution in [2.75, 3.05) is 32.9 Å². The predicted molar refractivity (Wildman–Crippen MR) is 96.9 cm³/mol. The third-order valence-electron chi connectivity index (χ3n) is 4.58. The van der Waals surface area contributed by atoms with Crippen LogP contribution in [0.4, 0.5) is 0 Å². The van der Waals surface area contributed by atoms with E-state index in [1.807, 2.05) is 18.2 Å². The van der Waals surface area contributed by atoms with Crippen LogP contribution in [0.1, 0.15) is 11.1 Å². The van der Waals surface area contributed by atoms with Gasteiger partial charge in [-0.2, -0.15) is 0 Å². The van der Waals surface area contributed by atoms with Crippen LogP contribution in [0, 0.1) is 0 Å². The summed E-state index contributed by atoms with van der Waals surface area (Å²) in [5.41, 5.74) is 2.45. The monoisotopic (exact) mass is 337 g/mol. The summed E-state index contributed by atoms with van der Waals surface area (Å²) in [5.74, 6) is 2.61. The van der Waals surface area contributed by atoms with Gasteiger partial charge < -0.3 is 19.1 Å². The van der Waals surface area contributed by atoms with Crippen molar-refractivity contribution >= 4 is 0 Å². The molecule has 0 aliphatic carbocycles. The molecule has 4 heteroatoms. The second-order valence-corrected chi connectivity index (χ2v) is 6.28. The van der Waals surface area contributed by atoms with Gasteiger partial charge in [0.05, 0.1) is 19.8 Å². The number of fused-ring (bicyclic) bond motifs is 1. The summed E-state index contributed by atoms with van der Waals surface area (Å²) < 4.78 is 17.7. The third-order valence-corrected chi connectivity index (χ3v) is 4.58. The second kappa shape index (κ2) is 7.62. The molecule has 2 aromatic carbocycles. The summed E-state index contributed by atoms with van der Waals surface area (Å²) in [4.78, 5) is 2.24. The molecule has 130 valence electrons. The first-order valence-corrected chi connectivity index (χ1v) is 8.89. The van der Waals surface area contributed by atoms with Gasteiger partial charge in [-0.15, -0.1) is 0 Å². The number of allylic oxidation sites excluding steroid dienone is 1. The highest BCUT2D eigenvalue weighted by molar-refractivity contribution is 5.50. The van der Waals surface area contributed by atoms with Gasteiger partial charge in [0.1, 0.15) is 0 Å². The first-order valence-electron chi connectivity index (χ1n) is 8.89. The normalized spacial score (nSPS) is 16.6. The molecule has 1 fully saturated rings. The lowest BCUT2D eigenvalue weighted by atomic mass is 10.1. The summed E-state index contributed by atoms with van der Waals surface area (Å²) in [7, 11) is 0. The molecule has 0 spiro atoms. The first kappa shape index (κ1) is 16.0. The first-order chi connectivity index (χ1) is 12.4. The summed E-state index contributed by atoms with van der Waals surface area (Å²) in [6.07, 6.45) is 3.91. The Morgan fingerprint density at radius 1 is 0.960 bits per heavy atom. The van der Waals surface area contributed by atoms with Gasteiger partial charge in [-0.05, 0) is 24.1 Å². The Balaban J connectivity index is 1.43. The van der Waals surface area contributed by atoms with Crippen LogP contribution < -0.4 is 9.47 Å². The zero-order valence-electron chi connectivity index (χ0n) is 14.3. The van der Waals surface area contributed by atoms with E-state index in [-0.39, 0.29) is 0 Å². The minimum absolute atomic E-state index is 0.639. The zero-order chi connectivity index (χ0) is 16.9. The molecule has 2 heterocycles. The van der Waals surface area contributed by atoms with E-state index in [0.717, 1.165) is 56.5 Å². The Bertz CT molecular complexity index is 736. The number of nitrogens with zero attached hydrogens (tertiary/aromatic N) is 1. The van der Waals surface area contributed by atoms with Gasteiger partial charge in [-0.3, -0.25) is 0 Å². The van der Waals surface area contributed by atoms with E-state index >= 15 is 0 Å². The molecule has 2 aliphatic heterocycles. The molecule has 0 bridgehead atoms. The molecule has 0 N–H and O–H groups in total. The minimum atomic E-state index is 0.639. The van der Waals surface area contributed by atoms with Crippen molar-refractivity contribution in [2.24, 2.45) is 0 Å². The molecule has 2 aliphatic rings. The Morgan fingerprint density at radius 3 is 2.64 bits per heavy atom. The molecule has 1 saturated heterocycles. The summed E-state index contributed by atoms with van der Waals surface area (Å²) in [5, 5.41) is 0. The topological polar surface area (TPSA) is 30.9 Å². The highest BCUT2D eigenvalue weighted by atomic mass is 16.5. The molecule has 4 rings (SSSR count). The number of benzene rings is 2. The fourth-order valence-corrected chi connectivity index (χ4v) is 3.20. The molecular weight excluding hydrogens is 314 g/mol. The van der Waals surface area contributed by atoms with Crippen molar-refractivity contribution in [1.82, 2.24) is 4.90 Å². The third kappa shape index (κ3) is 3.80. The Hall–Kier alpha value is -2.46. The highest BCUT2D eigenvalue weighted by Gasteiger charge is 2.22. The van der Waals surface area contributed by atoms with Crippen LogP contribution in [0.3, 0.4) is 0 Å². The highest BCUT2D eigenvalue weighted by Crippen LogP contribution is 2.36. The number of morpholine rings is 1. The number of hydrogen-bond donors (Lipinski definition) is 0. The van der Waals surface area contributed by atoms with Gasteiger partial charge in [0, 0.05) is 25.1 Å². The van der Waals surface area contributed by atoms with Crippen LogP contribution in [0.2, 0.25) is 0 Å². The molecule has 0 amide bonds. The van der Waals surface area contributed by atoms with E-state index in [9.17, 15) is 0 Å². The molecule has 2 aromatic rings. The van der Waals surface area contributed by atoms with E-state index < -0.39 is 0 Å². The lowest BCUT2D eigenvalue weighted by molar-refractivity contribution is 0.0335. The molecule has 0 aromatic heterocycles. The van der Waals surface area contributed by atoms with Gasteiger partial charge in [0.15, 0.2) is 17.4 Å². The van der Waals surface area contributed by atoms with Crippen molar-refractivity contribution in [3.8, 4) is 11.5 Å². The maximum atomic E-state index is 6.21. The van der Waals surface area contributed by atoms with E-state index in [1.165, 1.54) is 11.1 Å². The fourth-order valence-electron chi connectivity index (χ4n) is 3.20. The van der Waals surface area contributed by atoms with E-state index in [2.05, 4.69) is 41.3 Å². The largest absolute Gasteiger partial charge is 0.489 e. The quantitative estimate of drug-likeness (QED) is 0.836. The molecular formula is C21H23NO3. The van der Waals surface area contributed by atoms with Gasteiger partial charge >= 0.3 is 0 Å². The molecule has 25 heavy (non-hydrogen) atoms. The van der Waals surface area contributed by atoms with Crippen LogP contribution >= 0.6 is 0 Å². The van der Waals surface area contributed by atoms with Crippen molar-refractivity contribution in [1.29, 1.82) is 0 Å². The molecule has 0 radical (unpaired) electrons. The summed E-state index contributed by atoms with van der Waals surface area (Å²) in [6, 6.07) is 16.5. The average molecular weight is 337 g/mol. The average Bonchev–Trinajstić information content (AvgIpc) is 2.69. The Labute approximate surface area is 148 Å². The standard InChI is InChI=1S/C21H23NO3/c1-2-5-17(6-3-1)11-14-24-19-8-4-7-18-9-10-20(25-21(18)19)22-12-15-23-16-13-22/h1-8,10H,9,11-16H2. The fraction of sp³-hybridized carbons (Fsp3) is 0.333. The van der Waals surface area contributed by atoms with Crippen LogP contribution in [0.25, 0.3) is 0 Å². The molecule has 0 saturated carbocycles. The maximum Gasteiger partial charge on any atom is 0.192 e. The van der Waals surface area contributed by atoms with Crippen molar-refractivity contribution in [2.45, 2.75) is 12.8 Å². The van der Waals surface area contributed by atoms with Crippen molar-refractivity contribution < 1.29 is 14.2 Å².